The van der Waals surface area contributed by atoms with Crippen molar-refractivity contribution in [1.82, 2.24) is 4.90 Å². The van der Waals surface area contributed by atoms with Crippen LogP contribution in [0.25, 0.3) is 0 Å². The Morgan fingerprint density at radius 2 is 1.88 bits per heavy atom. The molecule has 0 aliphatic carbocycles. The summed E-state index contributed by atoms with van der Waals surface area (Å²) in [6.45, 7) is 8.83. The van der Waals surface area contributed by atoms with E-state index in [1.807, 2.05) is 30.3 Å². The third-order valence-corrected chi connectivity index (χ3v) is 10.6. The summed E-state index contributed by atoms with van der Waals surface area (Å²) >= 11 is 1.66. The molecule has 2 bridgehead atoms. The highest BCUT2D eigenvalue weighted by molar-refractivity contribution is 8.02. The first-order valence-electron chi connectivity index (χ1n) is 14.9. The number of unbranched alkanes of at least 4 members (excludes halogenated alkanes) is 5. The maximum Gasteiger partial charge on any atom is 0.310 e. The van der Waals surface area contributed by atoms with Gasteiger partial charge in [0.25, 0.3) is 5.91 Å². The first-order chi connectivity index (χ1) is 19.9. The quantitative estimate of drug-likeness (QED) is 0.160. The highest BCUT2D eigenvalue weighted by Gasteiger charge is 2.74. The lowest BCUT2D eigenvalue weighted by atomic mass is 9.71. The SMILES string of the molecule is C=CCCCCOC(=O)[C@@H]1[C@@H]2CCC3(S2)C(C(=O)N(CC=C)c2ccc(OC)cc2)N(CCCCCCO)C(=O)[C@H]13. The Labute approximate surface area is 248 Å². The number of fused-ring (bicyclic) bond motifs is 1. The number of carbonyl (C=O) groups excluding carboxylic acids is 3. The molecule has 1 aromatic rings. The van der Waals surface area contributed by atoms with Crippen molar-refractivity contribution < 1.29 is 29.0 Å². The van der Waals surface area contributed by atoms with E-state index in [-0.39, 0.29) is 29.6 Å². The second-order valence-electron chi connectivity index (χ2n) is 11.1. The zero-order valence-corrected chi connectivity index (χ0v) is 25.0. The molecule has 1 aromatic carbocycles. The average Bonchev–Trinajstić information content (AvgIpc) is 3.63. The number of amides is 2. The lowest BCUT2D eigenvalue weighted by molar-refractivity contribution is -0.154. The molecule has 4 rings (SSSR count). The van der Waals surface area contributed by atoms with Crippen molar-refractivity contribution in [3.63, 3.8) is 0 Å². The van der Waals surface area contributed by atoms with E-state index in [0.29, 0.717) is 44.0 Å². The summed E-state index contributed by atoms with van der Waals surface area (Å²) in [5.41, 5.74) is 0.707. The number of nitrogens with zero attached hydrogens (tertiary/aromatic N) is 2. The number of anilines is 1. The number of methoxy groups -OCH3 is 1. The lowest BCUT2D eigenvalue weighted by Gasteiger charge is -2.37. The van der Waals surface area contributed by atoms with Crippen LogP contribution in [0.3, 0.4) is 0 Å². The molecular formula is C32H44N2O6S. The number of allylic oxidation sites excluding steroid dienone is 1. The summed E-state index contributed by atoms with van der Waals surface area (Å²) in [7, 11) is 1.60. The van der Waals surface area contributed by atoms with Crippen molar-refractivity contribution in [2.45, 2.75) is 73.8 Å². The third-order valence-electron chi connectivity index (χ3n) is 8.62. The molecule has 3 heterocycles. The predicted octanol–water partition coefficient (Wildman–Crippen LogP) is 4.76. The van der Waals surface area contributed by atoms with E-state index in [4.69, 9.17) is 14.6 Å². The van der Waals surface area contributed by atoms with Crippen molar-refractivity contribution in [3.8, 4) is 5.75 Å². The Bertz CT molecular complexity index is 1090. The molecular weight excluding hydrogens is 540 g/mol. The molecule has 5 atom stereocenters. The minimum Gasteiger partial charge on any atom is -0.497 e. The Kier molecular flexibility index (Phi) is 10.9. The van der Waals surface area contributed by atoms with E-state index in [1.165, 1.54) is 0 Å². The van der Waals surface area contributed by atoms with Crippen LogP contribution in [0.15, 0.2) is 49.6 Å². The number of aliphatic hydroxyl groups is 1. The molecule has 1 N–H and O–H groups in total. The minimum atomic E-state index is -0.680. The fourth-order valence-corrected chi connectivity index (χ4v) is 8.91. The van der Waals surface area contributed by atoms with Crippen LogP contribution in [0.4, 0.5) is 5.69 Å². The number of ether oxygens (including phenoxy) is 2. The summed E-state index contributed by atoms with van der Waals surface area (Å²) in [5, 5.41) is 9.14. The van der Waals surface area contributed by atoms with Crippen molar-refractivity contribution in [2.24, 2.45) is 11.8 Å². The van der Waals surface area contributed by atoms with Gasteiger partial charge in [0.2, 0.25) is 5.91 Å². The van der Waals surface area contributed by atoms with Crippen LogP contribution in [0.2, 0.25) is 0 Å². The van der Waals surface area contributed by atoms with Gasteiger partial charge in [-0.3, -0.25) is 14.4 Å². The molecule has 3 saturated heterocycles. The van der Waals surface area contributed by atoms with Gasteiger partial charge in [-0.1, -0.05) is 25.0 Å². The molecule has 8 nitrogen and oxygen atoms in total. The summed E-state index contributed by atoms with van der Waals surface area (Å²) in [6, 6.07) is 6.64. The van der Waals surface area contributed by atoms with Crippen LogP contribution in [-0.4, -0.2) is 77.2 Å². The van der Waals surface area contributed by atoms with Crippen LogP contribution in [-0.2, 0) is 19.1 Å². The van der Waals surface area contributed by atoms with Gasteiger partial charge in [-0.2, -0.15) is 0 Å². The smallest absolute Gasteiger partial charge is 0.310 e. The Hall–Kier alpha value is -2.78. The van der Waals surface area contributed by atoms with Gasteiger partial charge >= 0.3 is 5.97 Å². The van der Waals surface area contributed by atoms with E-state index in [2.05, 4.69) is 13.2 Å². The number of hydrogen-bond acceptors (Lipinski definition) is 7. The van der Waals surface area contributed by atoms with Crippen molar-refractivity contribution >= 4 is 35.2 Å². The largest absolute Gasteiger partial charge is 0.497 e. The number of aliphatic hydroxyl groups excluding tert-OH is 1. The molecule has 0 radical (unpaired) electrons. The zero-order chi connectivity index (χ0) is 29.4. The number of esters is 1. The van der Waals surface area contributed by atoms with Gasteiger partial charge in [-0.25, -0.2) is 0 Å². The van der Waals surface area contributed by atoms with Gasteiger partial charge in [0, 0.05) is 30.6 Å². The van der Waals surface area contributed by atoms with Crippen LogP contribution < -0.4 is 9.64 Å². The van der Waals surface area contributed by atoms with Gasteiger partial charge in [-0.15, -0.1) is 24.9 Å². The molecule has 0 aromatic heterocycles. The molecule has 3 fully saturated rings. The molecule has 2 unspecified atom stereocenters. The maximum atomic E-state index is 14.5. The zero-order valence-electron chi connectivity index (χ0n) is 24.2. The molecule has 41 heavy (non-hydrogen) atoms. The first kappa shape index (κ1) is 31.2. The van der Waals surface area contributed by atoms with Crippen molar-refractivity contribution in [3.05, 3.63) is 49.6 Å². The molecule has 1 spiro atoms. The monoisotopic (exact) mass is 584 g/mol. The Morgan fingerprint density at radius 3 is 2.56 bits per heavy atom. The van der Waals surface area contributed by atoms with Crippen LogP contribution >= 0.6 is 11.8 Å². The lowest BCUT2D eigenvalue weighted by Crippen LogP contribution is -2.55. The van der Waals surface area contributed by atoms with E-state index in [9.17, 15) is 14.4 Å². The number of benzene rings is 1. The number of carbonyl (C=O) groups is 3. The van der Waals surface area contributed by atoms with Crippen LogP contribution in [0.5, 0.6) is 5.75 Å². The number of rotatable bonds is 17. The van der Waals surface area contributed by atoms with Gasteiger partial charge < -0.3 is 24.4 Å². The first-order valence-corrected chi connectivity index (χ1v) is 15.7. The number of likely N-dealkylation sites (tertiary alicyclic amines) is 1. The van der Waals surface area contributed by atoms with Crippen molar-refractivity contribution in [2.75, 3.05) is 38.3 Å². The predicted molar refractivity (Wildman–Crippen MR) is 162 cm³/mol. The van der Waals surface area contributed by atoms with Gasteiger partial charge in [0.15, 0.2) is 0 Å². The number of thioether (sulfide) groups is 1. The normalized spacial score (nSPS) is 26.1. The molecule has 3 aliphatic rings. The Balaban J connectivity index is 1.62. The van der Waals surface area contributed by atoms with E-state index < -0.39 is 22.6 Å². The molecule has 3 aliphatic heterocycles. The van der Waals surface area contributed by atoms with Gasteiger partial charge in [-0.05, 0) is 69.2 Å². The minimum absolute atomic E-state index is 0.0273. The molecule has 2 amide bonds. The summed E-state index contributed by atoms with van der Waals surface area (Å²) < 4.78 is 10.4. The Morgan fingerprint density at radius 1 is 1.12 bits per heavy atom. The van der Waals surface area contributed by atoms with Crippen molar-refractivity contribution in [1.29, 1.82) is 0 Å². The van der Waals surface area contributed by atoms with Gasteiger partial charge in [0.1, 0.15) is 11.8 Å². The summed E-state index contributed by atoms with van der Waals surface area (Å²) in [6.07, 6.45) is 10.7. The summed E-state index contributed by atoms with van der Waals surface area (Å²) in [5.74, 6) is -0.983. The molecule has 9 heteroatoms. The average molecular weight is 585 g/mol. The second kappa shape index (κ2) is 14.4. The standard InChI is InChI=1S/C32H44N2O6S/c1-4-6-7-12-22-40-31(38)26-25-17-18-32(41-25)27(26)29(36)34(20-10-8-9-11-21-35)28(32)30(37)33(19-5-2)23-13-15-24(39-3)16-14-23/h4-5,13-16,25-28,35H,1-2,6-12,17-22H2,3H3/t25-,26+,27-,28?,32?/m0/s1. The topological polar surface area (TPSA) is 96.4 Å². The van der Waals surface area contributed by atoms with E-state index in [0.717, 1.165) is 44.9 Å². The third kappa shape index (κ3) is 6.36. The molecule has 224 valence electrons. The second-order valence-corrected chi connectivity index (χ2v) is 12.7. The van der Waals surface area contributed by atoms with Gasteiger partial charge in [0.05, 0.1) is 30.3 Å². The number of hydrogen-bond donors (Lipinski definition) is 1. The maximum absolute atomic E-state index is 14.5. The fourth-order valence-electron chi connectivity index (χ4n) is 6.71. The fraction of sp³-hybridized carbons (Fsp3) is 0.594. The highest BCUT2D eigenvalue weighted by atomic mass is 32.2. The highest BCUT2D eigenvalue weighted by Crippen LogP contribution is 2.66. The van der Waals surface area contributed by atoms with Crippen LogP contribution in [0.1, 0.15) is 57.8 Å². The van der Waals surface area contributed by atoms with Crippen LogP contribution in [0, 0.1) is 11.8 Å². The van der Waals surface area contributed by atoms with E-state index >= 15 is 0 Å². The van der Waals surface area contributed by atoms with E-state index in [1.54, 1.807) is 34.7 Å². The summed E-state index contributed by atoms with van der Waals surface area (Å²) in [4.78, 5) is 45.6. The molecule has 0 saturated carbocycles.